The third-order valence-corrected chi connectivity index (χ3v) is 8.78. The smallest absolute Gasteiger partial charge is 0.224 e. The van der Waals surface area contributed by atoms with Crippen LogP contribution in [0.15, 0.2) is 90.6 Å². The molecule has 2 aliphatic carbocycles. The van der Waals surface area contributed by atoms with Crippen LogP contribution in [-0.4, -0.2) is 22.8 Å². The van der Waals surface area contributed by atoms with Crippen LogP contribution in [0.25, 0.3) is 11.8 Å². The van der Waals surface area contributed by atoms with Crippen molar-refractivity contribution in [3.63, 3.8) is 0 Å². The van der Waals surface area contributed by atoms with Crippen LogP contribution in [0.1, 0.15) is 54.6 Å². The Hall–Kier alpha value is -4.19. The van der Waals surface area contributed by atoms with Crippen LogP contribution in [0.3, 0.4) is 0 Å². The fourth-order valence-electron chi connectivity index (χ4n) is 6.56. The maximum Gasteiger partial charge on any atom is 0.224 e. The number of halogens is 1. The lowest BCUT2D eigenvalue weighted by Crippen LogP contribution is -2.35. The summed E-state index contributed by atoms with van der Waals surface area (Å²) in [5.41, 5.74) is 6.65. The first-order valence-electron chi connectivity index (χ1n) is 13.9. The molecule has 0 bridgehead atoms. The van der Waals surface area contributed by atoms with Gasteiger partial charge in [-0.05, 0) is 96.2 Å². The molecule has 1 N–H and O–H groups in total. The van der Waals surface area contributed by atoms with Gasteiger partial charge in [0.25, 0.3) is 0 Å². The number of carbonyl (C=O) groups excluding carboxylic acids is 1. The first kappa shape index (κ1) is 26.1. The van der Waals surface area contributed by atoms with Gasteiger partial charge in [0.1, 0.15) is 11.6 Å². The van der Waals surface area contributed by atoms with Crippen LogP contribution in [-0.2, 0) is 17.6 Å². The lowest BCUT2D eigenvalue weighted by Gasteiger charge is -2.37. The summed E-state index contributed by atoms with van der Waals surface area (Å²) < 4.78 is 20.8. The van der Waals surface area contributed by atoms with E-state index in [4.69, 9.17) is 4.74 Å². The molecule has 1 amide bonds. The molecule has 3 atom stereocenters. The maximum atomic E-state index is 13.5. The minimum absolute atomic E-state index is 0.00574. The molecule has 1 saturated carbocycles. The number of rotatable bonds is 8. The molecule has 2 aliphatic rings. The van der Waals surface area contributed by atoms with Gasteiger partial charge in [0.05, 0.1) is 37.2 Å². The molecule has 4 aromatic rings. The lowest BCUT2D eigenvalue weighted by atomic mass is 9.68. The van der Waals surface area contributed by atoms with Crippen molar-refractivity contribution in [3.8, 4) is 11.4 Å². The standard InChI is InChI=1S/C34H34FN3O2/c1-34-21-25-22-36-38(29-15-13-28(35)14-16-29)32(25)20-27(34)12-11-26(34)19-31(24-8-4-3-5-9-24)37-33(39)18-23-7-6-10-30(17-23)40-2/h3-10,13-17,20,22,26,31H,11-12,18-19,21H2,1-2H3,(H,37,39). The molecule has 0 aliphatic heterocycles. The second kappa shape index (κ2) is 10.8. The fourth-order valence-corrected chi connectivity index (χ4v) is 6.56. The van der Waals surface area contributed by atoms with Crippen LogP contribution >= 0.6 is 0 Å². The van der Waals surface area contributed by atoms with E-state index in [1.54, 1.807) is 19.2 Å². The van der Waals surface area contributed by atoms with Gasteiger partial charge >= 0.3 is 0 Å². The van der Waals surface area contributed by atoms with Crippen molar-refractivity contribution in [1.82, 2.24) is 15.1 Å². The molecule has 6 rings (SSSR count). The molecule has 5 nitrogen and oxygen atoms in total. The second-order valence-electron chi connectivity index (χ2n) is 11.2. The lowest BCUT2D eigenvalue weighted by molar-refractivity contribution is -0.121. The molecular formula is C34H34FN3O2. The third-order valence-electron chi connectivity index (χ3n) is 8.78. The minimum Gasteiger partial charge on any atom is -0.497 e. The zero-order valence-corrected chi connectivity index (χ0v) is 22.9. The van der Waals surface area contributed by atoms with Gasteiger partial charge in [0.15, 0.2) is 0 Å². The molecule has 1 heterocycles. The van der Waals surface area contributed by atoms with Crippen LogP contribution in [0.4, 0.5) is 4.39 Å². The first-order valence-corrected chi connectivity index (χ1v) is 13.9. The van der Waals surface area contributed by atoms with Gasteiger partial charge in [-0.3, -0.25) is 4.79 Å². The van der Waals surface area contributed by atoms with Crippen molar-refractivity contribution >= 4 is 12.0 Å². The van der Waals surface area contributed by atoms with Gasteiger partial charge in [-0.15, -0.1) is 0 Å². The highest BCUT2D eigenvalue weighted by Gasteiger charge is 2.46. The summed E-state index contributed by atoms with van der Waals surface area (Å²) in [4.78, 5) is 13.3. The van der Waals surface area contributed by atoms with Crippen molar-refractivity contribution in [2.75, 3.05) is 7.11 Å². The summed E-state index contributed by atoms with van der Waals surface area (Å²) in [6.45, 7) is 2.37. The Morgan fingerprint density at radius 2 is 1.93 bits per heavy atom. The molecule has 0 saturated heterocycles. The number of benzene rings is 3. The number of methoxy groups -OCH3 is 1. The highest BCUT2D eigenvalue weighted by atomic mass is 19.1. The average molecular weight is 536 g/mol. The van der Waals surface area contributed by atoms with Crippen molar-refractivity contribution in [2.45, 2.75) is 45.1 Å². The van der Waals surface area contributed by atoms with Crippen molar-refractivity contribution in [3.05, 3.63) is 119 Å². The predicted molar refractivity (Wildman–Crippen MR) is 155 cm³/mol. The zero-order valence-electron chi connectivity index (χ0n) is 22.9. The van der Waals surface area contributed by atoms with Crippen molar-refractivity contribution < 1.29 is 13.9 Å². The summed E-state index contributed by atoms with van der Waals surface area (Å²) in [5, 5.41) is 8.03. The van der Waals surface area contributed by atoms with E-state index in [-0.39, 0.29) is 23.2 Å². The molecule has 0 spiro atoms. The van der Waals surface area contributed by atoms with Crippen LogP contribution < -0.4 is 10.1 Å². The number of nitrogens with zero attached hydrogens (tertiary/aromatic N) is 2. The first-order chi connectivity index (χ1) is 19.4. The largest absolute Gasteiger partial charge is 0.497 e. The monoisotopic (exact) mass is 535 g/mol. The molecule has 3 aromatic carbocycles. The van der Waals surface area contributed by atoms with Crippen LogP contribution in [0.2, 0.25) is 0 Å². The van der Waals surface area contributed by atoms with E-state index in [9.17, 15) is 9.18 Å². The summed E-state index contributed by atoms with van der Waals surface area (Å²) in [5.74, 6) is 0.913. The number of ether oxygens (including phenoxy) is 1. The zero-order chi connectivity index (χ0) is 27.7. The van der Waals surface area contributed by atoms with Gasteiger partial charge in [0.2, 0.25) is 5.91 Å². The topological polar surface area (TPSA) is 56.1 Å². The fraction of sp³-hybridized carbons (Fsp3) is 0.294. The average Bonchev–Trinajstić information content (AvgIpc) is 3.51. The number of aromatic nitrogens is 2. The normalized spacial score (nSPS) is 20.3. The summed E-state index contributed by atoms with van der Waals surface area (Å²) in [6.07, 6.45) is 8.42. The number of fused-ring (bicyclic) bond motifs is 2. The molecule has 40 heavy (non-hydrogen) atoms. The van der Waals surface area contributed by atoms with E-state index in [1.807, 2.05) is 53.3 Å². The van der Waals surface area contributed by atoms with Crippen molar-refractivity contribution in [1.29, 1.82) is 0 Å². The molecule has 1 fully saturated rings. The number of nitrogens with one attached hydrogen (secondary N) is 1. The number of carbonyl (C=O) groups is 1. The Balaban J connectivity index is 1.23. The Morgan fingerprint density at radius 1 is 1.12 bits per heavy atom. The minimum atomic E-state index is -0.252. The maximum absolute atomic E-state index is 13.5. The van der Waals surface area contributed by atoms with Gasteiger partial charge < -0.3 is 10.1 Å². The molecular weight excluding hydrogens is 501 g/mol. The van der Waals surface area contributed by atoms with Crippen molar-refractivity contribution in [2.24, 2.45) is 11.3 Å². The molecule has 204 valence electrons. The van der Waals surface area contributed by atoms with Gasteiger partial charge in [-0.2, -0.15) is 5.10 Å². The highest BCUT2D eigenvalue weighted by molar-refractivity contribution is 5.79. The number of hydrogen-bond donors (Lipinski definition) is 1. The summed E-state index contributed by atoms with van der Waals surface area (Å²) >= 11 is 0. The Labute approximate surface area is 234 Å². The molecule has 6 heteroatoms. The molecule has 0 radical (unpaired) electrons. The van der Waals surface area contributed by atoms with Crippen LogP contribution in [0.5, 0.6) is 5.75 Å². The van der Waals surface area contributed by atoms with Gasteiger partial charge in [-0.25, -0.2) is 9.07 Å². The SMILES string of the molecule is COc1cccc(CC(=O)NC(CC2CCC3=Cc4c(cnn4-c4ccc(F)cc4)CC32C)c2ccccc2)c1. The van der Waals surface area contributed by atoms with E-state index in [2.05, 4.69) is 35.5 Å². The van der Waals surface area contributed by atoms with Gasteiger partial charge in [0, 0.05) is 0 Å². The number of amides is 1. The Kier molecular flexibility index (Phi) is 7.01. The Bertz CT molecular complexity index is 1540. The number of allylic oxidation sites excluding steroid dienone is 1. The molecule has 1 aromatic heterocycles. The Morgan fingerprint density at radius 3 is 2.70 bits per heavy atom. The highest BCUT2D eigenvalue weighted by Crippen LogP contribution is 2.55. The summed E-state index contributed by atoms with van der Waals surface area (Å²) in [7, 11) is 1.64. The van der Waals surface area contributed by atoms with Crippen LogP contribution in [0, 0.1) is 17.2 Å². The van der Waals surface area contributed by atoms with Gasteiger partial charge in [-0.1, -0.05) is 55.0 Å². The summed E-state index contributed by atoms with van der Waals surface area (Å²) in [6, 6.07) is 24.4. The number of hydrogen-bond acceptors (Lipinski definition) is 3. The van der Waals surface area contributed by atoms with E-state index in [0.717, 1.165) is 53.9 Å². The third kappa shape index (κ3) is 5.06. The quantitative estimate of drug-likeness (QED) is 0.268. The predicted octanol–water partition coefficient (Wildman–Crippen LogP) is 6.87. The van der Waals surface area contributed by atoms with E-state index < -0.39 is 0 Å². The second-order valence-corrected chi connectivity index (χ2v) is 11.2. The molecule has 3 unspecified atom stereocenters. The van der Waals surface area contributed by atoms with E-state index in [1.165, 1.54) is 23.3 Å². The van der Waals surface area contributed by atoms with E-state index >= 15 is 0 Å². The van der Waals surface area contributed by atoms with E-state index in [0.29, 0.717) is 12.3 Å².